The average molecular weight is 359 g/mol. The molecule has 1 amide bonds. The van der Waals surface area contributed by atoms with Crippen molar-refractivity contribution in [2.75, 3.05) is 5.32 Å². The number of non-ortho nitro benzene ring substituents is 1. The number of benzene rings is 2. The quantitative estimate of drug-likeness (QED) is 0.510. The van der Waals surface area contributed by atoms with Crippen LogP contribution >= 0.6 is 11.3 Å². The van der Waals surface area contributed by atoms with Gasteiger partial charge in [-0.05, 0) is 24.3 Å². The van der Waals surface area contributed by atoms with Crippen LogP contribution in [0.3, 0.4) is 0 Å². The van der Waals surface area contributed by atoms with Gasteiger partial charge in [0, 0.05) is 12.1 Å². The van der Waals surface area contributed by atoms with E-state index in [2.05, 4.69) is 24.1 Å². The molecule has 3 rings (SSSR count). The van der Waals surface area contributed by atoms with Crippen LogP contribution in [0.15, 0.2) is 48.5 Å². The number of hydrogen-bond acceptors (Lipinski definition) is 6. The van der Waals surface area contributed by atoms with Gasteiger partial charge in [-0.15, -0.1) is 0 Å². The Bertz CT molecular complexity index is 829. The zero-order valence-electron chi connectivity index (χ0n) is 13.8. The van der Waals surface area contributed by atoms with Gasteiger partial charge in [0.05, 0.1) is 15.1 Å². The number of aromatic nitrogens is 1. The highest BCUT2D eigenvalue weighted by molar-refractivity contribution is 7.22. The van der Waals surface area contributed by atoms with Crippen molar-refractivity contribution >= 4 is 38.5 Å². The van der Waals surface area contributed by atoms with Crippen molar-refractivity contribution in [3.8, 4) is 5.75 Å². The van der Waals surface area contributed by atoms with Crippen molar-refractivity contribution in [3.05, 3.63) is 58.6 Å². The summed E-state index contributed by atoms with van der Waals surface area (Å²) in [7, 11) is 0. The molecule has 7 nitrogen and oxygen atoms in total. The number of rotatable bonds is 3. The summed E-state index contributed by atoms with van der Waals surface area (Å²) in [4.78, 5) is 26.0. The first kappa shape index (κ1) is 18.3. The lowest BCUT2D eigenvalue weighted by Crippen LogP contribution is -2.16. The average Bonchev–Trinajstić information content (AvgIpc) is 2.98. The number of para-hydroxylation sites is 1. The van der Waals surface area contributed by atoms with Gasteiger partial charge in [0.2, 0.25) is 0 Å². The Balaban J connectivity index is 0.000000701. The molecule has 0 bridgehead atoms. The van der Waals surface area contributed by atoms with Gasteiger partial charge in [-0.3, -0.25) is 15.4 Å². The summed E-state index contributed by atoms with van der Waals surface area (Å²) in [6.45, 7) is 4.25. The number of amides is 1. The Morgan fingerprint density at radius 1 is 1.20 bits per heavy atom. The molecule has 0 unspecified atom stereocenters. The highest BCUT2D eigenvalue weighted by atomic mass is 32.1. The highest BCUT2D eigenvalue weighted by Gasteiger charge is 2.10. The standard InChI is InChI=1S/C14H9N3O4S.C3H8/c18-14(21-10-7-5-9(6-8-10)17(19)20)16-13-15-11-3-1-2-4-12(11)22-13;1-3-2/h1-8H,(H,15,16,18);3H2,1-2H3. The van der Waals surface area contributed by atoms with E-state index in [9.17, 15) is 14.9 Å². The van der Waals surface area contributed by atoms with Gasteiger partial charge in [0.1, 0.15) is 5.75 Å². The second-order valence-electron chi connectivity index (χ2n) is 4.96. The van der Waals surface area contributed by atoms with Crippen LogP contribution in [0.1, 0.15) is 20.3 Å². The lowest BCUT2D eigenvalue weighted by molar-refractivity contribution is -0.384. The van der Waals surface area contributed by atoms with Crippen LogP contribution in [0.25, 0.3) is 10.2 Å². The predicted molar refractivity (Wildman–Crippen MR) is 98.3 cm³/mol. The van der Waals surface area contributed by atoms with Crippen LogP contribution in [0.2, 0.25) is 0 Å². The normalized spacial score (nSPS) is 9.84. The van der Waals surface area contributed by atoms with E-state index in [0.717, 1.165) is 10.2 Å². The van der Waals surface area contributed by atoms with E-state index in [1.807, 2.05) is 24.3 Å². The number of ether oxygens (including phenoxy) is 1. The van der Waals surface area contributed by atoms with Crippen molar-refractivity contribution < 1.29 is 14.5 Å². The second-order valence-corrected chi connectivity index (χ2v) is 5.99. The maximum atomic E-state index is 11.8. The topological polar surface area (TPSA) is 94.4 Å². The number of carbonyl (C=O) groups excluding carboxylic acids is 1. The first-order chi connectivity index (χ1) is 12.0. The summed E-state index contributed by atoms with van der Waals surface area (Å²) in [5, 5.41) is 13.5. The Kier molecular flexibility index (Phi) is 6.41. The van der Waals surface area contributed by atoms with Crippen LogP contribution in [-0.4, -0.2) is 16.0 Å². The molecule has 0 fully saturated rings. The molecular formula is C17H17N3O4S. The second kappa shape index (κ2) is 8.74. The lowest BCUT2D eigenvalue weighted by atomic mass is 10.3. The summed E-state index contributed by atoms with van der Waals surface area (Å²) in [5.74, 6) is 0.212. The maximum Gasteiger partial charge on any atom is 0.418 e. The monoisotopic (exact) mass is 359 g/mol. The Hall–Kier alpha value is -3.00. The number of nitro groups is 1. The molecular weight excluding hydrogens is 342 g/mol. The smallest absolute Gasteiger partial charge is 0.410 e. The van der Waals surface area contributed by atoms with Gasteiger partial charge in [0.15, 0.2) is 5.13 Å². The number of nitrogens with zero attached hydrogens (tertiary/aromatic N) is 2. The summed E-state index contributed by atoms with van der Waals surface area (Å²) < 4.78 is 6.00. The Morgan fingerprint density at radius 2 is 1.84 bits per heavy atom. The third kappa shape index (κ3) is 5.25. The molecule has 0 saturated heterocycles. The molecule has 1 heterocycles. The first-order valence-electron chi connectivity index (χ1n) is 7.62. The molecule has 0 aliphatic heterocycles. The largest absolute Gasteiger partial charge is 0.418 e. The van der Waals surface area contributed by atoms with E-state index in [0.29, 0.717) is 5.13 Å². The maximum absolute atomic E-state index is 11.8. The number of fused-ring (bicyclic) bond motifs is 1. The van der Waals surface area contributed by atoms with Gasteiger partial charge in [-0.25, -0.2) is 9.78 Å². The zero-order valence-corrected chi connectivity index (χ0v) is 14.6. The summed E-state index contributed by atoms with van der Waals surface area (Å²) in [6.07, 6.45) is 0.549. The molecule has 1 N–H and O–H groups in total. The molecule has 0 saturated carbocycles. The van der Waals surface area contributed by atoms with E-state index < -0.39 is 11.0 Å². The summed E-state index contributed by atoms with van der Waals surface area (Å²) in [6, 6.07) is 12.7. The van der Waals surface area contributed by atoms with E-state index in [1.54, 1.807) is 0 Å². The van der Waals surface area contributed by atoms with Crippen molar-refractivity contribution in [2.24, 2.45) is 0 Å². The van der Waals surface area contributed by atoms with Crippen LogP contribution in [-0.2, 0) is 0 Å². The summed E-state index contributed by atoms with van der Waals surface area (Å²) in [5.41, 5.74) is 0.720. The first-order valence-corrected chi connectivity index (χ1v) is 8.44. The number of carbonyl (C=O) groups is 1. The van der Waals surface area contributed by atoms with Crippen molar-refractivity contribution in [1.82, 2.24) is 4.98 Å². The molecule has 8 heteroatoms. The third-order valence-electron chi connectivity index (χ3n) is 2.76. The fourth-order valence-electron chi connectivity index (χ4n) is 1.78. The summed E-state index contributed by atoms with van der Waals surface area (Å²) >= 11 is 1.33. The van der Waals surface area contributed by atoms with Crippen LogP contribution < -0.4 is 10.1 Å². The van der Waals surface area contributed by atoms with Gasteiger partial charge in [-0.1, -0.05) is 43.7 Å². The molecule has 1 aromatic heterocycles. The SMILES string of the molecule is CCC.O=C(Nc1nc2ccccc2s1)Oc1ccc([N+](=O)[O-])cc1. The van der Waals surface area contributed by atoms with E-state index in [4.69, 9.17) is 4.74 Å². The third-order valence-corrected chi connectivity index (χ3v) is 3.71. The van der Waals surface area contributed by atoms with Gasteiger partial charge in [0.25, 0.3) is 5.69 Å². The fraction of sp³-hybridized carbons (Fsp3) is 0.176. The zero-order chi connectivity index (χ0) is 18.2. The van der Waals surface area contributed by atoms with Crippen molar-refractivity contribution in [1.29, 1.82) is 0 Å². The van der Waals surface area contributed by atoms with Gasteiger partial charge < -0.3 is 4.74 Å². The molecule has 2 aromatic carbocycles. The van der Waals surface area contributed by atoms with E-state index >= 15 is 0 Å². The highest BCUT2D eigenvalue weighted by Crippen LogP contribution is 2.25. The minimum atomic E-state index is -0.701. The predicted octanol–water partition coefficient (Wildman–Crippen LogP) is 5.23. The van der Waals surface area contributed by atoms with E-state index in [-0.39, 0.29) is 11.4 Å². The molecule has 0 spiro atoms. The molecule has 3 aromatic rings. The van der Waals surface area contributed by atoms with Crippen molar-refractivity contribution in [3.63, 3.8) is 0 Å². The van der Waals surface area contributed by atoms with E-state index in [1.165, 1.54) is 42.0 Å². The Morgan fingerprint density at radius 3 is 2.44 bits per heavy atom. The number of hydrogen-bond donors (Lipinski definition) is 1. The number of anilines is 1. The minimum Gasteiger partial charge on any atom is -0.410 e. The Labute approximate surface area is 148 Å². The van der Waals surface area contributed by atoms with Gasteiger partial charge >= 0.3 is 6.09 Å². The molecule has 0 aliphatic carbocycles. The van der Waals surface area contributed by atoms with Crippen LogP contribution in [0.4, 0.5) is 15.6 Å². The molecule has 0 aliphatic rings. The van der Waals surface area contributed by atoms with Crippen LogP contribution in [0, 0.1) is 10.1 Å². The van der Waals surface area contributed by atoms with Crippen LogP contribution in [0.5, 0.6) is 5.75 Å². The molecule has 25 heavy (non-hydrogen) atoms. The number of nitro benzene ring substituents is 1. The molecule has 130 valence electrons. The van der Waals surface area contributed by atoms with Crippen molar-refractivity contribution in [2.45, 2.75) is 20.3 Å². The number of thiazole rings is 1. The minimum absolute atomic E-state index is 0.0704. The molecule has 0 radical (unpaired) electrons. The molecule has 0 atom stereocenters. The fourth-order valence-corrected chi connectivity index (χ4v) is 2.63. The van der Waals surface area contributed by atoms with Gasteiger partial charge in [-0.2, -0.15) is 0 Å². The number of nitrogens with one attached hydrogen (secondary N) is 1. The lowest BCUT2D eigenvalue weighted by Gasteiger charge is -2.03.